The molecule has 1 amide bonds. The summed E-state index contributed by atoms with van der Waals surface area (Å²) >= 11 is 0. The van der Waals surface area contributed by atoms with Gasteiger partial charge in [-0.05, 0) is 43.4 Å². The molecule has 1 N–H and O–H groups in total. The number of carbonyl (C=O) groups excluding carboxylic acids is 1. The molecule has 1 saturated heterocycles. The molecule has 1 atom stereocenters. The smallest absolute Gasteiger partial charge is 0.225 e. The number of aliphatic hydroxyl groups is 1. The van der Waals surface area contributed by atoms with Crippen LogP contribution in [0, 0.1) is 17.8 Å². The molecule has 3 heteroatoms. The van der Waals surface area contributed by atoms with Crippen molar-refractivity contribution < 1.29 is 9.90 Å². The molecule has 0 spiro atoms. The zero-order chi connectivity index (χ0) is 10.4. The Labute approximate surface area is 90.5 Å². The van der Waals surface area contributed by atoms with E-state index in [2.05, 4.69) is 0 Å². The zero-order valence-corrected chi connectivity index (χ0v) is 9.06. The Morgan fingerprint density at radius 2 is 1.87 bits per heavy atom. The van der Waals surface area contributed by atoms with E-state index in [0.717, 1.165) is 24.3 Å². The van der Waals surface area contributed by atoms with E-state index in [4.69, 9.17) is 0 Å². The van der Waals surface area contributed by atoms with Crippen molar-refractivity contribution in [3.8, 4) is 0 Å². The highest BCUT2D eigenvalue weighted by molar-refractivity contribution is 5.79. The summed E-state index contributed by atoms with van der Waals surface area (Å²) < 4.78 is 0. The molecule has 0 aromatic rings. The third-order valence-corrected chi connectivity index (χ3v) is 4.08. The second-order valence-corrected chi connectivity index (χ2v) is 5.50. The number of aliphatic hydroxyl groups excluding tert-OH is 1. The third kappa shape index (κ3) is 2.03. The van der Waals surface area contributed by atoms with Crippen LogP contribution >= 0.6 is 0 Å². The number of carbonyl (C=O) groups is 1. The molecule has 0 aromatic carbocycles. The number of hydrogen-bond acceptors (Lipinski definition) is 2. The first-order valence-electron chi connectivity index (χ1n) is 6.20. The Hall–Kier alpha value is -0.570. The molecule has 2 saturated carbocycles. The largest absolute Gasteiger partial charge is 0.391 e. The molecular weight excluding hydrogens is 190 g/mol. The molecule has 1 aliphatic heterocycles. The lowest BCUT2D eigenvalue weighted by molar-refractivity contribution is -0.128. The van der Waals surface area contributed by atoms with Gasteiger partial charge in [0.2, 0.25) is 5.91 Å². The molecule has 1 heterocycles. The van der Waals surface area contributed by atoms with Crippen LogP contribution < -0.4 is 0 Å². The van der Waals surface area contributed by atoms with Crippen LogP contribution in [0.25, 0.3) is 0 Å². The normalized spacial score (nSPS) is 31.7. The van der Waals surface area contributed by atoms with E-state index in [-0.39, 0.29) is 5.91 Å². The van der Waals surface area contributed by atoms with E-state index in [1.165, 1.54) is 25.7 Å². The molecule has 2 aliphatic carbocycles. The Bertz CT molecular complexity index is 259. The van der Waals surface area contributed by atoms with E-state index < -0.39 is 6.10 Å². The number of β-amino-alcohol motifs (C(OH)–C–C–N with tert-alkyl or cyclic N) is 1. The second-order valence-electron chi connectivity index (χ2n) is 5.50. The summed E-state index contributed by atoms with van der Waals surface area (Å²) in [6.45, 7) is 1.50. The maximum Gasteiger partial charge on any atom is 0.225 e. The molecule has 1 unspecified atom stereocenters. The summed E-state index contributed by atoms with van der Waals surface area (Å²) in [6, 6.07) is 0. The predicted molar refractivity (Wildman–Crippen MR) is 56.1 cm³/mol. The van der Waals surface area contributed by atoms with Crippen LogP contribution in [-0.2, 0) is 4.79 Å². The Morgan fingerprint density at radius 1 is 1.27 bits per heavy atom. The van der Waals surface area contributed by atoms with Crippen molar-refractivity contribution in [3.05, 3.63) is 0 Å². The highest BCUT2D eigenvalue weighted by Gasteiger charge is 2.43. The SMILES string of the molecule is O=C1CC(O)CN1CC(C1CC1)C1CC1. The fourth-order valence-corrected chi connectivity index (χ4v) is 2.91. The van der Waals surface area contributed by atoms with Gasteiger partial charge in [-0.2, -0.15) is 0 Å². The summed E-state index contributed by atoms with van der Waals surface area (Å²) in [7, 11) is 0. The number of hydrogen-bond donors (Lipinski definition) is 1. The van der Waals surface area contributed by atoms with Crippen molar-refractivity contribution in [1.29, 1.82) is 0 Å². The van der Waals surface area contributed by atoms with Crippen LogP contribution in [-0.4, -0.2) is 35.1 Å². The number of rotatable bonds is 4. The molecule has 15 heavy (non-hydrogen) atoms. The summed E-state index contributed by atoms with van der Waals surface area (Å²) in [4.78, 5) is 13.5. The van der Waals surface area contributed by atoms with E-state index in [9.17, 15) is 9.90 Å². The monoisotopic (exact) mass is 209 g/mol. The average Bonchev–Trinajstić information content (AvgIpc) is 3.05. The zero-order valence-electron chi connectivity index (χ0n) is 9.06. The lowest BCUT2D eigenvalue weighted by atomic mass is 9.97. The van der Waals surface area contributed by atoms with Crippen molar-refractivity contribution in [3.63, 3.8) is 0 Å². The van der Waals surface area contributed by atoms with Crippen molar-refractivity contribution in [1.82, 2.24) is 4.90 Å². The highest BCUT2D eigenvalue weighted by atomic mass is 16.3. The minimum absolute atomic E-state index is 0.161. The maximum atomic E-state index is 11.6. The lowest BCUT2D eigenvalue weighted by Gasteiger charge is -2.23. The van der Waals surface area contributed by atoms with Gasteiger partial charge in [-0.1, -0.05) is 0 Å². The van der Waals surface area contributed by atoms with Gasteiger partial charge in [0, 0.05) is 13.1 Å². The Kier molecular flexibility index (Phi) is 2.23. The van der Waals surface area contributed by atoms with E-state index in [1.54, 1.807) is 0 Å². The van der Waals surface area contributed by atoms with Gasteiger partial charge in [0.05, 0.1) is 12.5 Å². The van der Waals surface area contributed by atoms with Crippen LogP contribution in [0.2, 0.25) is 0 Å². The van der Waals surface area contributed by atoms with Gasteiger partial charge in [0.1, 0.15) is 0 Å². The maximum absolute atomic E-state index is 11.6. The molecule has 0 radical (unpaired) electrons. The molecule has 84 valence electrons. The molecular formula is C12H19NO2. The van der Waals surface area contributed by atoms with E-state index in [0.29, 0.717) is 13.0 Å². The predicted octanol–water partition coefficient (Wildman–Crippen LogP) is 1.02. The first-order valence-corrected chi connectivity index (χ1v) is 6.20. The third-order valence-electron chi connectivity index (χ3n) is 4.08. The second kappa shape index (κ2) is 3.48. The van der Waals surface area contributed by atoms with Gasteiger partial charge in [-0.25, -0.2) is 0 Å². The summed E-state index contributed by atoms with van der Waals surface area (Å²) in [6.07, 6.45) is 5.41. The van der Waals surface area contributed by atoms with Gasteiger partial charge in [0.25, 0.3) is 0 Å². The number of amides is 1. The van der Waals surface area contributed by atoms with Gasteiger partial charge in [0.15, 0.2) is 0 Å². The van der Waals surface area contributed by atoms with Gasteiger partial charge < -0.3 is 10.0 Å². The lowest BCUT2D eigenvalue weighted by Crippen LogP contribution is -2.33. The Morgan fingerprint density at radius 3 is 2.27 bits per heavy atom. The fraction of sp³-hybridized carbons (Fsp3) is 0.917. The molecule has 0 bridgehead atoms. The minimum atomic E-state index is -0.406. The van der Waals surface area contributed by atoms with Crippen LogP contribution in [0.15, 0.2) is 0 Å². The molecule has 3 rings (SSSR count). The highest BCUT2D eigenvalue weighted by Crippen LogP contribution is 2.49. The van der Waals surface area contributed by atoms with Gasteiger partial charge >= 0.3 is 0 Å². The minimum Gasteiger partial charge on any atom is -0.391 e. The molecule has 3 nitrogen and oxygen atoms in total. The van der Waals surface area contributed by atoms with Crippen LogP contribution in [0.3, 0.4) is 0 Å². The topological polar surface area (TPSA) is 40.5 Å². The molecule has 3 fully saturated rings. The molecule has 3 aliphatic rings. The van der Waals surface area contributed by atoms with Crippen LogP contribution in [0.4, 0.5) is 0 Å². The number of likely N-dealkylation sites (tertiary alicyclic amines) is 1. The number of nitrogens with zero attached hydrogens (tertiary/aromatic N) is 1. The van der Waals surface area contributed by atoms with E-state index >= 15 is 0 Å². The van der Waals surface area contributed by atoms with Crippen molar-refractivity contribution in [2.75, 3.05) is 13.1 Å². The fourth-order valence-electron chi connectivity index (χ4n) is 2.91. The quantitative estimate of drug-likeness (QED) is 0.751. The standard InChI is InChI=1S/C12H19NO2/c14-10-5-12(15)13(6-10)7-11(8-1-2-8)9-3-4-9/h8-11,14H,1-7H2. The van der Waals surface area contributed by atoms with Crippen molar-refractivity contribution >= 4 is 5.91 Å². The summed E-state index contributed by atoms with van der Waals surface area (Å²) in [5.74, 6) is 2.69. The Balaban J connectivity index is 1.60. The van der Waals surface area contributed by atoms with Gasteiger partial charge in [-0.3, -0.25) is 4.79 Å². The summed E-state index contributed by atoms with van der Waals surface area (Å²) in [5.41, 5.74) is 0. The van der Waals surface area contributed by atoms with Crippen molar-refractivity contribution in [2.24, 2.45) is 17.8 Å². The van der Waals surface area contributed by atoms with Crippen LogP contribution in [0.1, 0.15) is 32.1 Å². The average molecular weight is 209 g/mol. The van der Waals surface area contributed by atoms with E-state index in [1.807, 2.05) is 4.90 Å². The first kappa shape index (κ1) is 9.64. The van der Waals surface area contributed by atoms with Crippen LogP contribution in [0.5, 0.6) is 0 Å². The van der Waals surface area contributed by atoms with Gasteiger partial charge in [-0.15, -0.1) is 0 Å². The van der Waals surface area contributed by atoms with Crippen molar-refractivity contribution in [2.45, 2.75) is 38.2 Å². The summed E-state index contributed by atoms with van der Waals surface area (Å²) in [5, 5.41) is 9.43. The first-order chi connectivity index (χ1) is 7.24. The molecule has 0 aromatic heterocycles.